The first-order valence-electron chi connectivity index (χ1n) is 13.4. The van der Waals surface area contributed by atoms with Gasteiger partial charge in [0, 0.05) is 34.8 Å². The van der Waals surface area contributed by atoms with E-state index in [1.165, 1.54) is 12.8 Å². The molecule has 1 aliphatic carbocycles. The first kappa shape index (κ1) is 22.5. The van der Waals surface area contributed by atoms with Crippen LogP contribution in [0.5, 0.6) is 5.75 Å². The zero-order valence-corrected chi connectivity index (χ0v) is 20.7. The second kappa shape index (κ2) is 9.30. The van der Waals surface area contributed by atoms with Gasteiger partial charge in [-0.15, -0.1) is 0 Å². The van der Waals surface area contributed by atoms with E-state index in [9.17, 15) is 4.79 Å². The third-order valence-corrected chi connectivity index (χ3v) is 8.07. The summed E-state index contributed by atoms with van der Waals surface area (Å²) in [4.78, 5) is 17.8. The van der Waals surface area contributed by atoms with Gasteiger partial charge in [-0.1, -0.05) is 6.07 Å². The zero-order valence-electron chi connectivity index (χ0n) is 20.7. The van der Waals surface area contributed by atoms with Crippen LogP contribution in [0, 0.1) is 5.92 Å². The molecule has 2 saturated heterocycles. The highest BCUT2D eigenvalue weighted by atomic mass is 16.5. The predicted octanol–water partition coefficient (Wildman–Crippen LogP) is 5.17. The van der Waals surface area contributed by atoms with Gasteiger partial charge in [-0.25, -0.2) is 0 Å². The van der Waals surface area contributed by atoms with Crippen LogP contribution in [0.3, 0.4) is 0 Å². The van der Waals surface area contributed by atoms with Crippen LogP contribution in [0.25, 0.3) is 22.2 Å². The number of aromatic nitrogens is 3. The second-order valence-electron chi connectivity index (χ2n) is 10.7. The summed E-state index contributed by atoms with van der Waals surface area (Å²) in [7, 11) is 0. The minimum Gasteiger partial charge on any atom is -0.490 e. The summed E-state index contributed by atoms with van der Waals surface area (Å²) < 4.78 is 6.32. The van der Waals surface area contributed by atoms with Crippen LogP contribution in [0.2, 0.25) is 0 Å². The van der Waals surface area contributed by atoms with Gasteiger partial charge < -0.3 is 15.4 Å². The Labute approximate surface area is 216 Å². The van der Waals surface area contributed by atoms with Gasteiger partial charge in [0.2, 0.25) is 0 Å². The topological polar surface area (TPSA) is 91.9 Å². The number of H-pyrrole nitrogens is 1. The van der Waals surface area contributed by atoms with Gasteiger partial charge in [0.15, 0.2) is 0 Å². The number of carbonyl (C=O) groups is 1. The van der Waals surface area contributed by atoms with Gasteiger partial charge in [0.25, 0.3) is 5.91 Å². The van der Waals surface area contributed by atoms with Crippen LogP contribution in [-0.4, -0.2) is 39.3 Å². The maximum absolute atomic E-state index is 13.3. The molecule has 2 bridgehead atoms. The standard InChI is InChI=1S/C30H31N5O2/c36-30(33-29(19-4-5-19)27-3-1-2-14-31-27)20-8-13-26-25(15-20)28(35-34-26)18-6-11-23(12-7-18)37-24-16-21-9-10-22(17-24)32-21/h1-3,6-8,11-15,19,21-22,24,29,32H,4-5,9-10,16-17H2,(H,33,36)(H,34,35)/t21-,22+,24-,29-/m0/s1. The van der Waals surface area contributed by atoms with Crippen LogP contribution in [0.4, 0.5) is 0 Å². The van der Waals surface area contributed by atoms with E-state index in [-0.39, 0.29) is 18.1 Å². The summed E-state index contributed by atoms with van der Waals surface area (Å²) in [6, 6.07) is 20.9. The molecule has 2 aromatic heterocycles. The minimum atomic E-state index is -0.0868. The molecular weight excluding hydrogens is 462 g/mol. The van der Waals surface area contributed by atoms with Crippen molar-refractivity contribution in [2.75, 3.05) is 0 Å². The lowest BCUT2D eigenvalue weighted by Crippen LogP contribution is -2.42. The fourth-order valence-electron chi connectivity index (χ4n) is 6.01. The van der Waals surface area contributed by atoms with Crippen molar-refractivity contribution in [1.29, 1.82) is 0 Å². The fourth-order valence-corrected chi connectivity index (χ4v) is 6.01. The molecule has 188 valence electrons. The maximum atomic E-state index is 13.3. The number of pyridine rings is 1. The highest BCUT2D eigenvalue weighted by Gasteiger charge is 2.35. The summed E-state index contributed by atoms with van der Waals surface area (Å²) in [6.45, 7) is 0. The molecule has 2 aromatic carbocycles. The zero-order chi connectivity index (χ0) is 24.8. The van der Waals surface area contributed by atoms with Gasteiger partial charge in [-0.3, -0.25) is 14.9 Å². The highest BCUT2D eigenvalue weighted by molar-refractivity contribution is 6.01. The van der Waals surface area contributed by atoms with Gasteiger partial charge in [-0.2, -0.15) is 5.10 Å². The molecule has 1 amide bonds. The highest BCUT2D eigenvalue weighted by Crippen LogP contribution is 2.40. The van der Waals surface area contributed by atoms with E-state index >= 15 is 0 Å². The smallest absolute Gasteiger partial charge is 0.251 e. The summed E-state index contributed by atoms with van der Waals surface area (Å²) in [6.07, 6.45) is 8.98. The molecule has 1 saturated carbocycles. The molecule has 0 unspecified atom stereocenters. The minimum absolute atomic E-state index is 0.0594. The van der Waals surface area contributed by atoms with E-state index in [0.717, 1.165) is 59.3 Å². The summed E-state index contributed by atoms with van der Waals surface area (Å²) in [5.74, 6) is 1.26. The Morgan fingerprint density at radius 1 is 0.973 bits per heavy atom. The lowest BCUT2D eigenvalue weighted by atomic mass is 10.0. The Morgan fingerprint density at radius 3 is 2.51 bits per heavy atom. The Morgan fingerprint density at radius 2 is 1.78 bits per heavy atom. The average molecular weight is 494 g/mol. The molecule has 7 rings (SSSR count). The number of hydrogen-bond donors (Lipinski definition) is 3. The SMILES string of the molecule is O=C(N[C@H](c1ccccn1)C1CC1)c1ccc2[nH]nc(-c3ccc(O[C@@H]4C[C@H]5CC[C@@H](C4)N5)cc3)c2c1. The third kappa shape index (κ3) is 4.60. The average Bonchev–Trinajstić information content (AvgIpc) is 3.60. The summed E-state index contributed by atoms with van der Waals surface area (Å²) in [5.41, 5.74) is 4.27. The van der Waals surface area contributed by atoms with Crippen molar-refractivity contribution in [3.8, 4) is 17.0 Å². The van der Waals surface area contributed by atoms with Crippen molar-refractivity contribution in [3.05, 3.63) is 78.1 Å². The van der Waals surface area contributed by atoms with Crippen molar-refractivity contribution in [1.82, 2.24) is 25.8 Å². The van der Waals surface area contributed by atoms with Gasteiger partial charge >= 0.3 is 0 Å². The number of rotatable bonds is 7. The van der Waals surface area contributed by atoms with Gasteiger partial charge in [-0.05, 0) is 99.0 Å². The van der Waals surface area contributed by atoms with Gasteiger partial charge in [0.1, 0.15) is 11.9 Å². The van der Waals surface area contributed by atoms with E-state index in [2.05, 4.69) is 37.9 Å². The number of hydrogen-bond acceptors (Lipinski definition) is 5. The van der Waals surface area contributed by atoms with Crippen LogP contribution >= 0.6 is 0 Å². The molecular formula is C30H31N5O2. The molecule has 2 aliphatic heterocycles. The van der Waals surface area contributed by atoms with Crippen molar-refractivity contribution < 1.29 is 9.53 Å². The summed E-state index contributed by atoms with van der Waals surface area (Å²) in [5, 5.41) is 15.5. The molecule has 3 aliphatic rings. The lowest BCUT2D eigenvalue weighted by Gasteiger charge is -2.29. The molecule has 3 fully saturated rings. The molecule has 0 radical (unpaired) electrons. The Hall–Kier alpha value is -3.71. The Kier molecular flexibility index (Phi) is 5.65. The molecule has 0 spiro atoms. The van der Waals surface area contributed by atoms with Crippen molar-refractivity contribution in [3.63, 3.8) is 0 Å². The summed E-state index contributed by atoms with van der Waals surface area (Å²) >= 11 is 0. The first-order chi connectivity index (χ1) is 18.2. The van der Waals surface area contributed by atoms with E-state index in [1.807, 2.05) is 48.5 Å². The molecule has 3 N–H and O–H groups in total. The van der Waals surface area contributed by atoms with E-state index < -0.39 is 0 Å². The van der Waals surface area contributed by atoms with E-state index in [0.29, 0.717) is 23.6 Å². The molecule has 7 heteroatoms. The normalized spacial score (nSPS) is 23.6. The van der Waals surface area contributed by atoms with Crippen molar-refractivity contribution >= 4 is 16.8 Å². The van der Waals surface area contributed by atoms with Crippen molar-refractivity contribution in [2.24, 2.45) is 5.92 Å². The first-order valence-corrected chi connectivity index (χ1v) is 13.4. The molecule has 7 nitrogen and oxygen atoms in total. The van der Waals surface area contributed by atoms with Gasteiger partial charge in [0.05, 0.1) is 22.9 Å². The third-order valence-electron chi connectivity index (χ3n) is 8.07. The lowest BCUT2D eigenvalue weighted by molar-refractivity contribution is 0.0930. The number of fused-ring (bicyclic) bond motifs is 3. The molecule has 4 heterocycles. The quantitative estimate of drug-likeness (QED) is 0.330. The fraction of sp³-hybridized carbons (Fsp3) is 0.367. The van der Waals surface area contributed by atoms with Crippen LogP contribution < -0.4 is 15.4 Å². The second-order valence-corrected chi connectivity index (χ2v) is 10.7. The number of nitrogens with one attached hydrogen (secondary N) is 3. The maximum Gasteiger partial charge on any atom is 0.251 e. The van der Waals surface area contributed by atoms with Crippen LogP contribution in [-0.2, 0) is 0 Å². The Bertz CT molecular complexity index is 1400. The van der Waals surface area contributed by atoms with Crippen LogP contribution in [0.1, 0.15) is 60.6 Å². The van der Waals surface area contributed by atoms with E-state index in [4.69, 9.17) is 4.74 Å². The number of piperidine rings is 1. The molecule has 4 atom stereocenters. The Balaban J connectivity index is 1.09. The number of ether oxygens (including phenoxy) is 1. The number of amides is 1. The van der Waals surface area contributed by atoms with E-state index in [1.54, 1.807) is 6.20 Å². The number of benzene rings is 2. The predicted molar refractivity (Wildman–Crippen MR) is 142 cm³/mol. The van der Waals surface area contributed by atoms with Crippen LogP contribution in [0.15, 0.2) is 66.9 Å². The number of aromatic amines is 1. The van der Waals surface area contributed by atoms with Crippen molar-refractivity contribution in [2.45, 2.75) is 62.8 Å². The molecule has 37 heavy (non-hydrogen) atoms. The molecule has 4 aromatic rings. The monoisotopic (exact) mass is 493 g/mol. The largest absolute Gasteiger partial charge is 0.490 e. The number of nitrogens with zero attached hydrogens (tertiary/aromatic N) is 2. The number of carbonyl (C=O) groups excluding carboxylic acids is 1.